The second-order valence-corrected chi connectivity index (χ2v) is 7.29. The van der Waals surface area contributed by atoms with E-state index in [1.54, 1.807) is 6.07 Å². The van der Waals surface area contributed by atoms with E-state index < -0.39 is 29.3 Å². The molecule has 5 nitrogen and oxygen atoms in total. The van der Waals surface area contributed by atoms with Gasteiger partial charge in [-0.15, -0.1) is 11.3 Å². The fraction of sp³-hybridized carbons (Fsp3) is 0.150. The number of nitrogens with zero attached hydrogens (tertiary/aromatic N) is 1. The van der Waals surface area contributed by atoms with Crippen LogP contribution in [0.5, 0.6) is 0 Å². The van der Waals surface area contributed by atoms with E-state index in [9.17, 15) is 22.8 Å². The lowest BCUT2D eigenvalue weighted by atomic mass is 10.1. The Bertz CT molecular complexity index is 1040. The summed E-state index contributed by atoms with van der Waals surface area (Å²) in [6, 6.07) is 8.99. The Labute approximate surface area is 168 Å². The highest BCUT2D eigenvalue weighted by molar-refractivity contribution is 7.15. The topological polar surface area (TPSA) is 71.1 Å². The maximum Gasteiger partial charge on any atom is 0.245 e. The largest absolute Gasteiger partial charge is 0.347 e. The van der Waals surface area contributed by atoms with Crippen molar-refractivity contribution in [3.63, 3.8) is 0 Å². The van der Waals surface area contributed by atoms with Gasteiger partial charge in [-0.05, 0) is 29.3 Å². The minimum Gasteiger partial charge on any atom is -0.347 e. The van der Waals surface area contributed by atoms with Gasteiger partial charge in [-0.2, -0.15) is 0 Å². The molecule has 2 amide bonds. The first-order valence-corrected chi connectivity index (χ1v) is 9.40. The van der Waals surface area contributed by atoms with E-state index in [1.165, 1.54) is 36.5 Å². The van der Waals surface area contributed by atoms with Gasteiger partial charge in [0.15, 0.2) is 5.13 Å². The molecule has 0 atom stereocenters. The van der Waals surface area contributed by atoms with Gasteiger partial charge in [0.25, 0.3) is 0 Å². The highest BCUT2D eigenvalue weighted by Gasteiger charge is 2.11. The molecule has 0 radical (unpaired) electrons. The number of anilines is 1. The van der Waals surface area contributed by atoms with E-state index in [1.807, 2.05) is 0 Å². The number of hydrogen-bond donors (Lipinski definition) is 2. The Balaban J connectivity index is 1.48. The number of benzene rings is 2. The quantitative estimate of drug-likeness (QED) is 0.616. The van der Waals surface area contributed by atoms with Gasteiger partial charge < -0.3 is 10.6 Å². The van der Waals surface area contributed by atoms with Gasteiger partial charge in [0, 0.05) is 23.6 Å². The van der Waals surface area contributed by atoms with E-state index in [2.05, 4.69) is 15.6 Å². The van der Waals surface area contributed by atoms with Crippen molar-refractivity contribution in [1.29, 1.82) is 0 Å². The molecular weight excluding hydrogens is 403 g/mol. The standard InChI is InChI=1S/C20H16F3N3O2S/c21-14-3-1-2-12(6-14)7-18(27)24-11-19(28)26-20-25-10-16(29-20)8-13-4-5-15(22)9-17(13)23/h1-6,9-10H,7-8,11H2,(H,24,27)(H,25,26,28). The van der Waals surface area contributed by atoms with Crippen molar-refractivity contribution in [1.82, 2.24) is 10.3 Å². The van der Waals surface area contributed by atoms with Gasteiger partial charge in [0.2, 0.25) is 11.8 Å². The number of halogens is 3. The van der Waals surface area contributed by atoms with Crippen LogP contribution in [0.2, 0.25) is 0 Å². The maximum atomic E-state index is 13.7. The number of rotatable bonds is 7. The van der Waals surface area contributed by atoms with Crippen LogP contribution in [0.15, 0.2) is 48.7 Å². The van der Waals surface area contributed by atoms with Gasteiger partial charge in [-0.25, -0.2) is 18.2 Å². The molecule has 9 heteroatoms. The molecule has 3 rings (SSSR count). The summed E-state index contributed by atoms with van der Waals surface area (Å²) < 4.78 is 39.8. The normalized spacial score (nSPS) is 10.6. The maximum absolute atomic E-state index is 13.7. The van der Waals surface area contributed by atoms with Crippen molar-refractivity contribution in [2.75, 3.05) is 11.9 Å². The number of carbonyl (C=O) groups is 2. The zero-order valence-corrected chi connectivity index (χ0v) is 15.9. The fourth-order valence-electron chi connectivity index (χ4n) is 2.54. The lowest BCUT2D eigenvalue weighted by molar-refractivity contribution is -0.123. The summed E-state index contributed by atoms with van der Waals surface area (Å²) in [5.41, 5.74) is 0.818. The SMILES string of the molecule is O=C(Cc1cccc(F)c1)NCC(=O)Nc1ncc(Cc2ccc(F)cc2F)s1. The first-order valence-electron chi connectivity index (χ1n) is 8.58. The van der Waals surface area contributed by atoms with Crippen molar-refractivity contribution >= 4 is 28.3 Å². The molecular formula is C20H16F3N3O2S. The molecule has 2 N–H and O–H groups in total. The number of aromatic nitrogens is 1. The van der Waals surface area contributed by atoms with Crippen molar-refractivity contribution in [2.24, 2.45) is 0 Å². The summed E-state index contributed by atoms with van der Waals surface area (Å²) in [4.78, 5) is 28.5. The molecule has 0 saturated carbocycles. The van der Waals surface area contributed by atoms with Gasteiger partial charge in [-0.3, -0.25) is 9.59 Å². The molecule has 29 heavy (non-hydrogen) atoms. The Kier molecular flexibility index (Phi) is 6.61. The summed E-state index contributed by atoms with van der Waals surface area (Å²) in [7, 11) is 0. The minimum absolute atomic E-state index is 0.0460. The summed E-state index contributed by atoms with van der Waals surface area (Å²) in [6.45, 7) is -0.268. The van der Waals surface area contributed by atoms with Crippen LogP contribution >= 0.6 is 11.3 Å². The van der Waals surface area contributed by atoms with E-state index in [4.69, 9.17) is 0 Å². The van der Waals surface area contributed by atoms with E-state index in [-0.39, 0.29) is 19.4 Å². The summed E-state index contributed by atoms with van der Waals surface area (Å²) in [5, 5.41) is 5.29. The summed E-state index contributed by atoms with van der Waals surface area (Å²) in [6.07, 6.45) is 1.66. The fourth-order valence-corrected chi connectivity index (χ4v) is 3.39. The third kappa shape index (κ3) is 6.15. The zero-order valence-electron chi connectivity index (χ0n) is 15.0. The Hall–Kier alpha value is -3.20. The van der Waals surface area contributed by atoms with Crippen molar-refractivity contribution in [3.8, 4) is 0 Å². The molecule has 0 saturated heterocycles. The first-order chi connectivity index (χ1) is 13.9. The number of thiazole rings is 1. The molecule has 0 fully saturated rings. The third-order valence-corrected chi connectivity index (χ3v) is 4.79. The molecule has 150 valence electrons. The molecule has 1 aromatic heterocycles. The molecule has 3 aromatic rings. The monoisotopic (exact) mass is 419 g/mol. The molecule has 0 unspecified atom stereocenters. The number of nitrogens with one attached hydrogen (secondary N) is 2. The average Bonchev–Trinajstić information content (AvgIpc) is 3.09. The Morgan fingerprint density at radius 1 is 1.00 bits per heavy atom. The zero-order chi connectivity index (χ0) is 20.8. The average molecular weight is 419 g/mol. The van der Waals surface area contributed by atoms with Gasteiger partial charge in [0.05, 0.1) is 13.0 Å². The lowest BCUT2D eigenvalue weighted by Gasteiger charge is -2.05. The van der Waals surface area contributed by atoms with Crippen LogP contribution in [0.25, 0.3) is 0 Å². The van der Waals surface area contributed by atoms with Crippen LogP contribution in [0, 0.1) is 17.5 Å². The Morgan fingerprint density at radius 3 is 2.55 bits per heavy atom. The third-order valence-electron chi connectivity index (χ3n) is 3.88. The second-order valence-electron chi connectivity index (χ2n) is 6.18. The smallest absolute Gasteiger partial charge is 0.245 e. The first kappa shape index (κ1) is 20.5. The predicted molar refractivity (Wildman–Crippen MR) is 103 cm³/mol. The molecule has 0 aliphatic rings. The molecule has 0 bridgehead atoms. The van der Waals surface area contributed by atoms with Crippen molar-refractivity contribution in [3.05, 3.63) is 82.1 Å². The van der Waals surface area contributed by atoms with Crippen molar-refractivity contribution < 1.29 is 22.8 Å². The van der Waals surface area contributed by atoms with Gasteiger partial charge in [-0.1, -0.05) is 18.2 Å². The molecule has 0 spiro atoms. The van der Waals surface area contributed by atoms with Crippen LogP contribution in [-0.2, 0) is 22.4 Å². The van der Waals surface area contributed by atoms with Crippen LogP contribution in [0.3, 0.4) is 0 Å². The van der Waals surface area contributed by atoms with Crippen LogP contribution in [-0.4, -0.2) is 23.3 Å². The second kappa shape index (κ2) is 9.33. The summed E-state index contributed by atoms with van der Waals surface area (Å²) in [5.74, 6) is -2.63. The number of hydrogen-bond acceptors (Lipinski definition) is 4. The van der Waals surface area contributed by atoms with Crippen LogP contribution in [0.4, 0.5) is 18.3 Å². The van der Waals surface area contributed by atoms with Gasteiger partial charge >= 0.3 is 0 Å². The Morgan fingerprint density at radius 2 is 1.79 bits per heavy atom. The summed E-state index contributed by atoms with van der Waals surface area (Å²) >= 11 is 1.15. The molecule has 0 aliphatic carbocycles. The minimum atomic E-state index is -0.650. The number of carbonyl (C=O) groups excluding carboxylic acids is 2. The molecule has 0 aliphatic heterocycles. The number of amides is 2. The van der Waals surface area contributed by atoms with Gasteiger partial charge in [0.1, 0.15) is 17.5 Å². The van der Waals surface area contributed by atoms with Crippen LogP contribution < -0.4 is 10.6 Å². The van der Waals surface area contributed by atoms with Crippen LogP contribution in [0.1, 0.15) is 16.0 Å². The van der Waals surface area contributed by atoms with E-state index >= 15 is 0 Å². The predicted octanol–water partition coefficient (Wildman–Crippen LogP) is 3.45. The molecule has 1 heterocycles. The molecule has 2 aromatic carbocycles. The lowest BCUT2D eigenvalue weighted by Crippen LogP contribution is -2.33. The van der Waals surface area contributed by atoms with E-state index in [0.717, 1.165) is 17.4 Å². The van der Waals surface area contributed by atoms with Crippen molar-refractivity contribution in [2.45, 2.75) is 12.8 Å². The van der Waals surface area contributed by atoms with E-state index in [0.29, 0.717) is 21.1 Å². The highest BCUT2D eigenvalue weighted by Crippen LogP contribution is 2.22. The highest BCUT2D eigenvalue weighted by atomic mass is 32.1.